The molecule has 0 aliphatic carbocycles. The Kier molecular flexibility index (Phi) is 7.47. The molecule has 1 unspecified atom stereocenters. The topological polar surface area (TPSA) is 108 Å². The van der Waals surface area contributed by atoms with E-state index in [4.69, 9.17) is 9.47 Å². The Morgan fingerprint density at radius 1 is 1.00 bits per heavy atom. The van der Waals surface area contributed by atoms with E-state index in [1.54, 1.807) is 30.0 Å². The molecule has 5 rings (SSSR count). The Labute approximate surface area is 217 Å². The molecule has 0 spiro atoms. The van der Waals surface area contributed by atoms with Crippen LogP contribution in [-0.4, -0.2) is 88.0 Å². The zero-order valence-corrected chi connectivity index (χ0v) is 21.7. The number of sulfonamides is 1. The molecule has 0 aromatic heterocycles. The number of anilines is 2. The number of carbonyl (C=O) groups excluding carboxylic acids is 2. The van der Waals surface area contributed by atoms with Gasteiger partial charge in [0.15, 0.2) is 6.10 Å². The molecule has 10 nitrogen and oxygen atoms in total. The van der Waals surface area contributed by atoms with Crippen molar-refractivity contribution >= 4 is 33.2 Å². The summed E-state index contributed by atoms with van der Waals surface area (Å²) >= 11 is 0. The van der Waals surface area contributed by atoms with Gasteiger partial charge in [-0.05, 0) is 56.2 Å². The first kappa shape index (κ1) is 25.7. The summed E-state index contributed by atoms with van der Waals surface area (Å²) in [4.78, 5) is 29.9. The lowest BCUT2D eigenvalue weighted by Crippen LogP contribution is -2.48. The summed E-state index contributed by atoms with van der Waals surface area (Å²) in [5.74, 6) is 0.0645. The van der Waals surface area contributed by atoms with Gasteiger partial charge in [-0.3, -0.25) is 14.5 Å². The van der Waals surface area contributed by atoms with Crippen LogP contribution in [0.5, 0.6) is 5.75 Å². The Balaban J connectivity index is 1.27. The number of carbonyl (C=O) groups is 2. The molecule has 2 amide bonds. The van der Waals surface area contributed by atoms with E-state index < -0.39 is 16.1 Å². The fourth-order valence-electron chi connectivity index (χ4n) is 4.84. The predicted octanol–water partition coefficient (Wildman–Crippen LogP) is 2.17. The van der Waals surface area contributed by atoms with E-state index in [-0.39, 0.29) is 16.7 Å². The van der Waals surface area contributed by atoms with Gasteiger partial charge in [-0.15, -0.1) is 0 Å². The lowest BCUT2D eigenvalue weighted by Gasteiger charge is -2.35. The molecule has 1 N–H and O–H groups in total. The first-order chi connectivity index (χ1) is 17.8. The summed E-state index contributed by atoms with van der Waals surface area (Å²) in [6, 6.07) is 11.2. The van der Waals surface area contributed by atoms with Gasteiger partial charge in [0.2, 0.25) is 10.0 Å². The van der Waals surface area contributed by atoms with Crippen molar-refractivity contribution in [2.45, 2.75) is 30.8 Å². The summed E-state index contributed by atoms with van der Waals surface area (Å²) in [6.07, 6.45) is 1.10. The van der Waals surface area contributed by atoms with Crippen LogP contribution in [0.1, 0.15) is 30.1 Å². The van der Waals surface area contributed by atoms with Crippen molar-refractivity contribution in [1.82, 2.24) is 9.21 Å². The summed E-state index contributed by atoms with van der Waals surface area (Å²) in [6.45, 7) is 7.14. The second-order valence-corrected chi connectivity index (χ2v) is 11.4. The molecule has 37 heavy (non-hydrogen) atoms. The largest absolute Gasteiger partial charge is 0.479 e. The summed E-state index contributed by atoms with van der Waals surface area (Å²) < 4.78 is 38.2. The predicted molar refractivity (Wildman–Crippen MR) is 139 cm³/mol. The second-order valence-electron chi connectivity index (χ2n) is 9.48. The summed E-state index contributed by atoms with van der Waals surface area (Å²) in [5, 5.41) is 2.84. The molecule has 0 radical (unpaired) electrons. The molecular formula is C26H32N4O6S. The third-order valence-corrected chi connectivity index (χ3v) is 8.90. The Morgan fingerprint density at radius 3 is 2.41 bits per heavy atom. The fraction of sp³-hybridized carbons (Fsp3) is 0.462. The van der Waals surface area contributed by atoms with Gasteiger partial charge in [0.05, 0.1) is 23.8 Å². The van der Waals surface area contributed by atoms with Crippen LogP contribution < -0.4 is 15.0 Å². The Morgan fingerprint density at radius 2 is 1.70 bits per heavy atom. The maximum absolute atomic E-state index is 12.9. The van der Waals surface area contributed by atoms with Gasteiger partial charge < -0.3 is 19.7 Å². The average molecular weight is 529 g/mol. The van der Waals surface area contributed by atoms with E-state index in [1.807, 2.05) is 0 Å². The molecule has 0 bridgehead atoms. The number of nitrogens with one attached hydrogen (secondary N) is 1. The maximum Gasteiger partial charge on any atom is 0.267 e. The maximum atomic E-state index is 12.9. The van der Waals surface area contributed by atoms with E-state index in [1.165, 1.54) is 28.6 Å². The molecule has 2 fully saturated rings. The molecular weight excluding hydrogens is 496 g/mol. The number of fused-ring (bicyclic) bond motifs is 1. The number of morpholine rings is 1. The zero-order valence-electron chi connectivity index (χ0n) is 20.9. The molecule has 3 heterocycles. The van der Waals surface area contributed by atoms with Crippen LogP contribution in [-0.2, 0) is 19.6 Å². The van der Waals surface area contributed by atoms with Gasteiger partial charge in [0.25, 0.3) is 11.8 Å². The van der Waals surface area contributed by atoms with Crippen LogP contribution >= 0.6 is 0 Å². The average Bonchev–Trinajstić information content (AvgIpc) is 3.46. The first-order valence-corrected chi connectivity index (χ1v) is 14.1. The molecule has 3 aliphatic heterocycles. The van der Waals surface area contributed by atoms with Gasteiger partial charge in [0.1, 0.15) is 5.75 Å². The molecule has 3 aliphatic rings. The molecule has 2 aromatic rings. The molecule has 2 aromatic carbocycles. The Bertz CT molecular complexity index is 1250. The lowest BCUT2D eigenvalue weighted by atomic mass is 10.1. The second kappa shape index (κ2) is 10.8. The van der Waals surface area contributed by atoms with Crippen LogP contribution in [0.4, 0.5) is 11.4 Å². The zero-order chi connectivity index (χ0) is 26.0. The minimum absolute atomic E-state index is 0.0958. The quantitative estimate of drug-likeness (QED) is 0.587. The summed E-state index contributed by atoms with van der Waals surface area (Å²) in [7, 11) is -3.53. The number of benzene rings is 2. The number of rotatable bonds is 7. The van der Waals surface area contributed by atoms with Crippen molar-refractivity contribution in [2.24, 2.45) is 0 Å². The molecule has 1 atom stereocenters. The van der Waals surface area contributed by atoms with Gasteiger partial charge in [-0.25, -0.2) is 8.42 Å². The normalized spacial score (nSPS) is 20.9. The van der Waals surface area contributed by atoms with Crippen molar-refractivity contribution in [3.05, 3.63) is 48.0 Å². The summed E-state index contributed by atoms with van der Waals surface area (Å²) in [5.41, 5.74) is 1.53. The minimum Gasteiger partial charge on any atom is -0.479 e. The van der Waals surface area contributed by atoms with Crippen LogP contribution in [0.15, 0.2) is 47.4 Å². The highest BCUT2D eigenvalue weighted by Gasteiger charge is 2.32. The van der Waals surface area contributed by atoms with Gasteiger partial charge in [-0.2, -0.15) is 4.31 Å². The van der Waals surface area contributed by atoms with Crippen molar-refractivity contribution in [3.63, 3.8) is 0 Å². The van der Waals surface area contributed by atoms with Crippen molar-refractivity contribution in [1.29, 1.82) is 0 Å². The molecule has 11 heteroatoms. The van der Waals surface area contributed by atoms with Crippen LogP contribution in [0.3, 0.4) is 0 Å². The number of amides is 2. The van der Waals surface area contributed by atoms with Crippen LogP contribution in [0.2, 0.25) is 0 Å². The van der Waals surface area contributed by atoms with E-state index in [0.29, 0.717) is 55.5 Å². The smallest absolute Gasteiger partial charge is 0.267 e. The van der Waals surface area contributed by atoms with Crippen LogP contribution in [0.25, 0.3) is 0 Å². The number of ether oxygens (including phenoxy) is 2. The first-order valence-electron chi connectivity index (χ1n) is 12.7. The number of hydrogen-bond acceptors (Lipinski definition) is 7. The Hall–Kier alpha value is -2.99. The van der Waals surface area contributed by atoms with Crippen molar-refractivity contribution in [3.8, 4) is 5.75 Å². The SMILES string of the molecule is CC1Oc2cc(NC(=O)c3ccc(S(=O)(=O)N4CCCC4)cc3)ccc2N(CCN2CCOCC2)C1=O. The highest BCUT2D eigenvalue weighted by molar-refractivity contribution is 7.89. The van der Waals surface area contributed by atoms with E-state index in [2.05, 4.69) is 10.2 Å². The van der Waals surface area contributed by atoms with Crippen LogP contribution in [0, 0.1) is 0 Å². The number of nitrogens with zero attached hydrogens (tertiary/aromatic N) is 3. The third-order valence-electron chi connectivity index (χ3n) is 6.99. The molecule has 0 saturated carbocycles. The lowest BCUT2D eigenvalue weighted by molar-refractivity contribution is -0.125. The van der Waals surface area contributed by atoms with Gasteiger partial charge >= 0.3 is 0 Å². The van der Waals surface area contributed by atoms with E-state index in [9.17, 15) is 18.0 Å². The third kappa shape index (κ3) is 5.49. The van der Waals surface area contributed by atoms with E-state index >= 15 is 0 Å². The standard InChI is InChI=1S/C26H32N4O6S/c1-19-26(32)30(13-12-28-14-16-35-17-15-28)23-9-6-21(18-24(23)36-19)27-25(31)20-4-7-22(8-5-20)37(33,34)29-10-2-3-11-29/h4-9,18-19H,2-3,10-17H2,1H3,(H,27,31). The van der Waals surface area contributed by atoms with Crippen molar-refractivity contribution < 1.29 is 27.5 Å². The van der Waals surface area contributed by atoms with Gasteiger partial charge in [-0.1, -0.05) is 0 Å². The van der Waals surface area contributed by atoms with E-state index in [0.717, 1.165) is 32.5 Å². The molecule has 198 valence electrons. The number of hydrogen-bond donors (Lipinski definition) is 1. The highest BCUT2D eigenvalue weighted by atomic mass is 32.2. The van der Waals surface area contributed by atoms with Gasteiger partial charge in [0, 0.05) is 56.6 Å². The molecule has 2 saturated heterocycles. The van der Waals surface area contributed by atoms with Crippen molar-refractivity contribution in [2.75, 3.05) is 62.7 Å². The fourth-order valence-corrected chi connectivity index (χ4v) is 6.36. The monoisotopic (exact) mass is 528 g/mol. The minimum atomic E-state index is -3.53. The highest BCUT2D eigenvalue weighted by Crippen LogP contribution is 2.36.